The van der Waals surface area contributed by atoms with Gasteiger partial charge in [0.1, 0.15) is 11.4 Å². The minimum absolute atomic E-state index is 0.0113. The number of benzene rings is 3. The lowest BCUT2D eigenvalue weighted by molar-refractivity contribution is -0.157. The number of ether oxygens (including phenoxy) is 2. The summed E-state index contributed by atoms with van der Waals surface area (Å²) in [7, 11) is -5.14. The van der Waals surface area contributed by atoms with E-state index >= 15 is 0 Å². The molecule has 0 aromatic heterocycles. The Bertz CT molecular complexity index is 1820. The minimum Gasteiger partial charge on any atom is -0.482 e. The van der Waals surface area contributed by atoms with Crippen molar-refractivity contribution in [3.63, 3.8) is 0 Å². The van der Waals surface area contributed by atoms with Crippen LogP contribution in [0.2, 0.25) is 23.2 Å². The molecule has 57 heavy (non-hydrogen) atoms. The molecule has 0 saturated carbocycles. The summed E-state index contributed by atoms with van der Waals surface area (Å²) in [5.41, 5.74) is 3.56. The van der Waals surface area contributed by atoms with Crippen molar-refractivity contribution in [2.75, 3.05) is 6.61 Å². The van der Waals surface area contributed by atoms with E-state index < -0.39 is 28.2 Å². The zero-order valence-corrected chi connectivity index (χ0v) is 39.1. The molecule has 0 radical (unpaired) electrons. The first kappa shape index (κ1) is 44.8. The molecule has 3 aromatic carbocycles. The molecule has 0 saturated heterocycles. The number of hydrogen-bond acceptors (Lipinski definition) is 6. The molecular formula is C49H70O6Si2. The van der Waals surface area contributed by atoms with Crippen molar-refractivity contribution < 1.29 is 27.9 Å². The Morgan fingerprint density at radius 3 is 1.93 bits per heavy atom. The molecule has 2 aliphatic carbocycles. The normalized spacial score (nSPS) is 18.3. The first-order chi connectivity index (χ1) is 26.7. The van der Waals surface area contributed by atoms with Crippen molar-refractivity contribution in [3.8, 4) is 5.75 Å². The molecule has 0 N–H and O–H groups in total. The van der Waals surface area contributed by atoms with Gasteiger partial charge in [0.25, 0.3) is 8.32 Å². The summed E-state index contributed by atoms with van der Waals surface area (Å²) in [5, 5.41) is 2.37. The van der Waals surface area contributed by atoms with Gasteiger partial charge in [-0.25, -0.2) is 4.79 Å². The third kappa shape index (κ3) is 10.3. The fourth-order valence-corrected chi connectivity index (χ4v) is 14.5. The molecule has 3 aromatic rings. The number of allylic oxidation sites excluding steroid dienone is 1. The van der Waals surface area contributed by atoms with Gasteiger partial charge in [0, 0.05) is 18.1 Å². The van der Waals surface area contributed by atoms with Gasteiger partial charge < -0.3 is 18.3 Å². The average molecular weight is 811 g/mol. The summed E-state index contributed by atoms with van der Waals surface area (Å²) in [6, 6.07) is 27.8. The Morgan fingerprint density at radius 2 is 1.39 bits per heavy atom. The van der Waals surface area contributed by atoms with Gasteiger partial charge in [0.05, 0.1) is 6.10 Å². The number of ketones is 1. The van der Waals surface area contributed by atoms with Gasteiger partial charge in [-0.2, -0.15) is 0 Å². The highest BCUT2D eigenvalue weighted by molar-refractivity contribution is 6.99. The average Bonchev–Trinajstić information content (AvgIpc) is 3.44. The molecule has 8 heteroatoms. The van der Waals surface area contributed by atoms with Crippen LogP contribution in [-0.2, 0) is 29.6 Å². The number of unbranched alkanes of at least 4 members (excludes halogenated alkanes) is 2. The number of rotatable bonds is 16. The maximum absolute atomic E-state index is 14.4. The van der Waals surface area contributed by atoms with Crippen molar-refractivity contribution in [2.24, 2.45) is 5.92 Å². The van der Waals surface area contributed by atoms with Gasteiger partial charge in [0.2, 0.25) is 0 Å². The first-order valence-corrected chi connectivity index (χ1v) is 26.2. The zero-order valence-electron chi connectivity index (χ0n) is 37.1. The molecule has 0 aliphatic heterocycles. The molecule has 1 unspecified atom stereocenters. The molecule has 0 amide bonds. The van der Waals surface area contributed by atoms with Crippen LogP contribution in [0, 0.1) is 5.92 Å². The lowest BCUT2D eigenvalue weighted by Gasteiger charge is -2.45. The summed E-state index contributed by atoms with van der Waals surface area (Å²) >= 11 is 0. The third-order valence-corrected chi connectivity index (χ3v) is 21.9. The Kier molecular flexibility index (Phi) is 14.1. The van der Waals surface area contributed by atoms with Crippen LogP contribution < -0.4 is 15.1 Å². The van der Waals surface area contributed by atoms with Gasteiger partial charge in [-0.3, -0.25) is 4.79 Å². The molecule has 0 heterocycles. The Hall–Kier alpha value is -3.31. The molecule has 310 valence electrons. The third-order valence-electron chi connectivity index (χ3n) is 12.3. The molecule has 0 fully saturated rings. The van der Waals surface area contributed by atoms with E-state index in [4.69, 9.17) is 18.3 Å². The highest BCUT2D eigenvalue weighted by atomic mass is 28.4. The van der Waals surface area contributed by atoms with Crippen molar-refractivity contribution in [1.29, 1.82) is 0 Å². The van der Waals surface area contributed by atoms with E-state index in [2.05, 4.69) is 128 Å². The van der Waals surface area contributed by atoms with Crippen molar-refractivity contribution in [1.82, 2.24) is 0 Å². The van der Waals surface area contributed by atoms with E-state index in [-0.39, 0.29) is 40.6 Å². The Balaban J connectivity index is 1.56. The van der Waals surface area contributed by atoms with E-state index in [1.807, 2.05) is 32.9 Å². The van der Waals surface area contributed by atoms with Gasteiger partial charge in [-0.1, -0.05) is 141 Å². The van der Waals surface area contributed by atoms with Crippen LogP contribution in [0.25, 0.3) is 0 Å². The number of carbonyl (C=O) groups excluding carboxylic acids is 2. The molecule has 0 spiro atoms. The van der Waals surface area contributed by atoms with E-state index in [1.54, 1.807) is 0 Å². The highest BCUT2D eigenvalue weighted by Gasteiger charge is 2.52. The Morgan fingerprint density at radius 1 is 0.772 bits per heavy atom. The minimum atomic E-state index is -2.82. The van der Waals surface area contributed by atoms with E-state index in [9.17, 15) is 9.59 Å². The van der Waals surface area contributed by atoms with Crippen LogP contribution >= 0.6 is 0 Å². The van der Waals surface area contributed by atoms with Gasteiger partial charge >= 0.3 is 5.97 Å². The molecule has 2 aliphatic rings. The predicted octanol–water partition coefficient (Wildman–Crippen LogP) is 11.2. The highest BCUT2D eigenvalue weighted by Crippen LogP contribution is 2.53. The van der Waals surface area contributed by atoms with E-state index in [0.717, 1.165) is 54.4 Å². The zero-order chi connectivity index (χ0) is 41.8. The van der Waals surface area contributed by atoms with Crippen LogP contribution in [0.5, 0.6) is 5.75 Å². The van der Waals surface area contributed by atoms with Crippen molar-refractivity contribution >= 4 is 38.8 Å². The number of esters is 1. The summed E-state index contributed by atoms with van der Waals surface area (Å²) in [4.78, 5) is 27.1. The number of Topliss-reactive ketones (excluding diaryl/α,β-unsaturated/α-hetero) is 1. The maximum Gasteiger partial charge on any atom is 0.344 e. The van der Waals surface area contributed by atoms with Crippen LogP contribution in [0.15, 0.2) is 90.0 Å². The summed E-state index contributed by atoms with van der Waals surface area (Å²) in [6.45, 7) is 26.0. The SMILES string of the molecule is CCCCCC(CCC1=C2[C@H](CC1=O)Cc1c(OCC(=O)OC(C)(C)C)cccc1[C@H]2O[Si](C)(C)C(C)(C)C)O[Si](c1ccccc1)(c1ccccc1)C(C)(C)C. The summed E-state index contributed by atoms with van der Waals surface area (Å²) in [5.74, 6) is 0.493. The number of hydrogen-bond donors (Lipinski definition) is 0. The second kappa shape index (κ2) is 17.9. The van der Waals surface area contributed by atoms with Gasteiger partial charge in [0.15, 0.2) is 20.7 Å². The first-order valence-electron chi connectivity index (χ1n) is 21.4. The Labute approximate surface area is 346 Å². The van der Waals surface area contributed by atoms with Crippen molar-refractivity contribution in [3.05, 3.63) is 101 Å². The van der Waals surface area contributed by atoms with Crippen molar-refractivity contribution in [2.45, 2.75) is 162 Å². The van der Waals surface area contributed by atoms with Crippen LogP contribution in [0.1, 0.15) is 131 Å². The molecular weight excluding hydrogens is 741 g/mol. The standard InChI is InChI=1S/C49H70O6Si2/c1-13-14-17-23-36(54-57(49(8,9)10,37-24-18-15-19-25-37)38-26-20-16-21-27-38)30-31-40-42(50)33-35-32-41-39(46(45(35)40)55-56(11,12)48(5,6)7)28-22-29-43(41)52-34-44(51)53-47(2,3)4/h15-16,18-22,24-29,35-36,46H,13-14,17,23,30-34H2,1-12H3/t35-,36?,46+/m0/s1. The monoisotopic (exact) mass is 810 g/mol. The topological polar surface area (TPSA) is 71.1 Å². The lowest BCUT2D eigenvalue weighted by Crippen LogP contribution is -2.67. The van der Waals surface area contributed by atoms with E-state index in [1.165, 1.54) is 10.4 Å². The molecule has 3 atom stereocenters. The number of fused-ring (bicyclic) bond motifs is 2. The molecule has 0 bridgehead atoms. The smallest absolute Gasteiger partial charge is 0.344 e. The summed E-state index contributed by atoms with van der Waals surface area (Å²) < 4.78 is 26.9. The molecule has 5 rings (SSSR count). The van der Waals surface area contributed by atoms with Crippen LogP contribution in [0.3, 0.4) is 0 Å². The largest absolute Gasteiger partial charge is 0.482 e. The van der Waals surface area contributed by atoms with Crippen LogP contribution in [-0.4, -0.2) is 46.7 Å². The predicted molar refractivity (Wildman–Crippen MR) is 239 cm³/mol. The fraction of sp³-hybridized carbons (Fsp3) is 0.551. The quantitative estimate of drug-likeness (QED) is 0.0815. The fourth-order valence-electron chi connectivity index (χ4n) is 8.54. The van der Waals surface area contributed by atoms with Gasteiger partial charge in [-0.15, -0.1) is 0 Å². The van der Waals surface area contributed by atoms with E-state index in [0.29, 0.717) is 25.0 Å². The van der Waals surface area contributed by atoms with Crippen LogP contribution in [0.4, 0.5) is 0 Å². The molecule has 6 nitrogen and oxygen atoms in total. The maximum atomic E-state index is 14.4. The lowest BCUT2D eigenvalue weighted by atomic mass is 9.78. The second-order valence-corrected chi connectivity index (χ2v) is 28.9. The van der Waals surface area contributed by atoms with Gasteiger partial charge in [-0.05, 0) is 109 Å². The number of carbonyl (C=O) groups is 2. The summed E-state index contributed by atoms with van der Waals surface area (Å²) in [6.07, 6.45) is 6.48. The second-order valence-electron chi connectivity index (χ2n) is 19.9.